The second-order valence-electron chi connectivity index (χ2n) is 4.19. The molecule has 4 heteroatoms. The van der Waals surface area contributed by atoms with Crippen molar-refractivity contribution < 1.29 is 14.2 Å². The molecule has 2 aromatic carbocycles. The van der Waals surface area contributed by atoms with Crippen LogP contribution in [0.3, 0.4) is 0 Å². The molecular formula is C17H18O3Se. The number of rotatable bonds is 6. The van der Waals surface area contributed by atoms with Crippen molar-refractivity contribution in [3.8, 4) is 17.2 Å². The van der Waals surface area contributed by atoms with Gasteiger partial charge < -0.3 is 0 Å². The van der Waals surface area contributed by atoms with E-state index in [1.165, 1.54) is 4.46 Å². The van der Waals surface area contributed by atoms with Gasteiger partial charge in [-0.2, -0.15) is 0 Å². The third-order valence-corrected chi connectivity index (χ3v) is 4.61. The fourth-order valence-electron chi connectivity index (χ4n) is 1.89. The van der Waals surface area contributed by atoms with Crippen LogP contribution in [0.5, 0.6) is 17.2 Å². The van der Waals surface area contributed by atoms with E-state index in [4.69, 9.17) is 14.2 Å². The summed E-state index contributed by atoms with van der Waals surface area (Å²) in [6.07, 6.45) is 2.08. The van der Waals surface area contributed by atoms with Crippen LogP contribution in [0.15, 0.2) is 47.4 Å². The van der Waals surface area contributed by atoms with E-state index in [0.717, 1.165) is 5.56 Å². The van der Waals surface area contributed by atoms with Crippen LogP contribution in [0, 0.1) is 0 Å². The van der Waals surface area contributed by atoms with Gasteiger partial charge in [-0.05, 0) is 0 Å². The van der Waals surface area contributed by atoms with Crippen molar-refractivity contribution in [1.82, 2.24) is 0 Å². The number of hydrogen-bond donors (Lipinski definition) is 0. The SMILES string of the molecule is COc1cc(/C=C/[Se]c2ccccc2)cc(OC)c1OC. The fourth-order valence-corrected chi connectivity index (χ4v) is 3.35. The molecule has 0 unspecified atom stereocenters. The summed E-state index contributed by atoms with van der Waals surface area (Å²) in [5.41, 5.74) is 1.03. The summed E-state index contributed by atoms with van der Waals surface area (Å²) >= 11 is 0.307. The Morgan fingerprint density at radius 3 is 2.00 bits per heavy atom. The Hall–Kier alpha value is -1.90. The van der Waals surface area contributed by atoms with Crippen molar-refractivity contribution in [2.75, 3.05) is 21.3 Å². The third-order valence-electron chi connectivity index (χ3n) is 2.89. The van der Waals surface area contributed by atoms with Gasteiger partial charge >= 0.3 is 131 Å². The Labute approximate surface area is 131 Å². The molecule has 0 amide bonds. The first-order valence-electron chi connectivity index (χ1n) is 6.46. The van der Waals surface area contributed by atoms with Gasteiger partial charge in [-0.25, -0.2) is 0 Å². The van der Waals surface area contributed by atoms with Gasteiger partial charge in [0.25, 0.3) is 0 Å². The van der Waals surface area contributed by atoms with Gasteiger partial charge in [-0.15, -0.1) is 0 Å². The number of hydrogen-bond acceptors (Lipinski definition) is 3. The first-order valence-corrected chi connectivity index (χ1v) is 8.31. The maximum atomic E-state index is 5.35. The van der Waals surface area contributed by atoms with E-state index >= 15 is 0 Å². The summed E-state index contributed by atoms with van der Waals surface area (Å²) in [4.78, 5) is 2.18. The normalized spacial score (nSPS) is 10.6. The van der Waals surface area contributed by atoms with Crippen molar-refractivity contribution in [2.24, 2.45) is 0 Å². The van der Waals surface area contributed by atoms with Crippen LogP contribution in [0.2, 0.25) is 0 Å². The predicted molar refractivity (Wildman–Crippen MR) is 87.0 cm³/mol. The van der Waals surface area contributed by atoms with Gasteiger partial charge in [0, 0.05) is 0 Å². The van der Waals surface area contributed by atoms with Gasteiger partial charge in [-0.1, -0.05) is 0 Å². The van der Waals surface area contributed by atoms with E-state index in [-0.39, 0.29) is 0 Å². The Bertz CT molecular complexity index is 584. The molecular weight excluding hydrogens is 331 g/mol. The zero-order chi connectivity index (χ0) is 15.1. The second-order valence-corrected chi connectivity index (χ2v) is 6.25. The molecule has 0 spiro atoms. The summed E-state index contributed by atoms with van der Waals surface area (Å²) < 4.78 is 17.4. The van der Waals surface area contributed by atoms with E-state index in [0.29, 0.717) is 32.2 Å². The molecule has 0 saturated carbocycles. The van der Waals surface area contributed by atoms with E-state index in [2.05, 4.69) is 35.3 Å². The van der Waals surface area contributed by atoms with Crippen LogP contribution in [-0.4, -0.2) is 36.3 Å². The van der Waals surface area contributed by atoms with Crippen molar-refractivity contribution in [3.05, 3.63) is 53.0 Å². The Balaban J connectivity index is 2.20. The van der Waals surface area contributed by atoms with Crippen LogP contribution < -0.4 is 18.7 Å². The summed E-state index contributed by atoms with van der Waals surface area (Å²) in [5, 5.41) is 0. The summed E-state index contributed by atoms with van der Waals surface area (Å²) in [6.45, 7) is 0. The molecule has 0 N–H and O–H groups in total. The Morgan fingerprint density at radius 1 is 0.857 bits per heavy atom. The number of methoxy groups -OCH3 is 3. The molecule has 2 rings (SSSR count). The molecule has 3 nitrogen and oxygen atoms in total. The van der Waals surface area contributed by atoms with Crippen LogP contribution >= 0.6 is 0 Å². The average molecular weight is 349 g/mol. The molecule has 0 heterocycles. The maximum absolute atomic E-state index is 5.35. The van der Waals surface area contributed by atoms with Crippen molar-refractivity contribution in [1.29, 1.82) is 0 Å². The predicted octanol–water partition coefficient (Wildman–Crippen LogP) is 2.71. The molecule has 0 radical (unpaired) electrons. The van der Waals surface area contributed by atoms with Crippen molar-refractivity contribution in [3.63, 3.8) is 0 Å². The van der Waals surface area contributed by atoms with Gasteiger partial charge in [-0.3, -0.25) is 0 Å². The summed E-state index contributed by atoms with van der Waals surface area (Å²) in [5.74, 6) is 1.96. The molecule has 2 aromatic rings. The first kappa shape index (κ1) is 15.5. The molecule has 0 atom stereocenters. The minimum atomic E-state index is 0.307. The Morgan fingerprint density at radius 2 is 1.48 bits per heavy atom. The summed E-state index contributed by atoms with van der Waals surface area (Å²) in [7, 11) is 4.85. The molecule has 0 aliphatic rings. The van der Waals surface area contributed by atoms with Crippen LogP contribution in [-0.2, 0) is 0 Å². The van der Waals surface area contributed by atoms with Crippen LogP contribution in [0.1, 0.15) is 5.56 Å². The quantitative estimate of drug-likeness (QED) is 0.751. The standard InChI is InChI=1S/C17H18O3Se/c1-18-15-11-13(12-16(19-2)17(15)20-3)9-10-21-14-7-5-4-6-8-14/h4-12H,1-3H3/b10-9+. The Kier molecular flexibility index (Phi) is 5.73. The van der Waals surface area contributed by atoms with Gasteiger partial charge in [0.1, 0.15) is 0 Å². The molecule has 0 saturated heterocycles. The molecule has 110 valence electrons. The van der Waals surface area contributed by atoms with Gasteiger partial charge in [0.2, 0.25) is 0 Å². The number of ether oxygens (including phenoxy) is 3. The van der Waals surface area contributed by atoms with E-state index < -0.39 is 0 Å². The van der Waals surface area contributed by atoms with Crippen LogP contribution in [0.4, 0.5) is 0 Å². The van der Waals surface area contributed by atoms with Crippen molar-refractivity contribution >= 4 is 25.5 Å². The zero-order valence-corrected chi connectivity index (χ0v) is 14.0. The van der Waals surface area contributed by atoms with Crippen LogP contribution in [0.25, 0.3) is 6.08 Å². The third kappa shape index (κ3) is 4.03. The topological polar surface area (TPSA) is 27.7 Å². The van der Waals surface area contributed by atoms with E-state index in [1.54, 1.807) is 21.3 Å². The minimum absolute atomic E-state index is 0.307. The van der Waals surface area contributed by atoms with Gasteiger partial charge in [0.05, 0.1) is 0 Å². The molecule has 0 fully saturated rings. The second kappa shape index (κ2) is 7.77. The summed E-state index contributed by atoms with van der Waals surface area (Å²) in [6, 6.07) is 14.3. The molecule has 0 aromatic heterocycles. The molecule has 0 aliphatic heterocycles. The molecule has 21 heavy (non-hydrogen) atoms. The van der Waals surface area contributed by atoms with E-state index in [1.807, 2.05) is 18.2 Å². The fraction of sp³-hybridized carbons (Fsp3) is 0.176. The number of benzene rings is 2. The zero-order valence-electron chi connectivity index (χ0n) is 12.3. The molecule has 0 aliphatic carbocycles. The average Bonchev–Trinajstić information content (AvgIpc) is 2.54. The molecule has 0 bridgehead atoms. The van der Waals surface area contributed by atoms with Gasteiger partial charge in [0.15, 0.2) is 0 Å². The monoisotopic (exact) mass is 350 g/mol. The van der Waals surface area contributed by atoms with E-state index in [9.17, 15) is 0 Å². The first-order chi connectivity index (χ1) is 10.3. The van der Waals surface area contributed by atoms with Crippen molar-refractivity contribution in [2.45, 2.75) is 0 Å².